The average molecular weight is 511 g/mol. The van der Waals surface area contributed by atoms with E-state index in [1.807, 2.05) is 30.4 Å². The highest BCUT2D eigenvalue weighted by atomic mass is 32.2. The second-order valence-electron chi connectivity index (χ2n) is 7.95. The van der Waals surface area contributed by atoms with Crippen molar-refractivity contribution in [3.8, 4) is 0 Å². The normalized spacial score (nSPS) is 14.6. The number of carbonyl (C=O) groups excluding carboxylic acids is 2. The number of carboxylic acids is 1. The number of esters is 1. The number of nitrogens with two attached hydrogens (primary N) is 1. The number of methoxy groups -OCH3 is 1. The zero-order chi connectivity index (χ0) is 26.3. The summed E-state index contributed by atoms with van der Waals surface area (Å²) < 4.78 is 4.62. The number of ether oxygens (including phenoxy) is 1. The van der Waals surface area contributed by atoms with E-state index in [9.17, 15) is 19.5 Å². The van der Waals surface area contributed by atoms with Crippen LogP contribution in [0.15, 0.2) is 48.6 Å². The highest BCUT2D eigenvalue weighted by Crippen LogP contribution is 2.21. The van der Waals surface area contributed by atoms with Gasteiger partial charge in [-0.15, -0.1) is 11.8 Å². The molecular weight excluding hydrogens is 468 g/mol. The topological polar surface area (TPSA) is 139 Å². The van der Waals surface area contributed by atoms with E-state index in [1.54, 1.807) is 0 Å². The fourth-order valence-electron chi connectivity index (χ4n) is 2.86. The molecule has 35 heavy (non-hydrogen) atoms. The zero-order valence-electron chi connectivity index (χ0n) is 20.9. The number of rotatable bonds is 20. The summed E-state index contributed by atoms with van der Waals surface area (Å²) in [6.07, 6.45) is 21.8. The number of hydrogen-bond acceptors (Lipinski definition) is 7. The van der Waals surface area contributed by atoms with E-state index in [1.165, 1.54) is 38.1 Å². The van der Waals surface area contributed by atoms with Crippen LogP contribution in [-0.4, -0.2) is 64.9 Å². The third-order valence-electron chi connectivity index (χ3n) is 4.89. The van der Waals surface area contributed by atoms with Crippen LogP contribution in [0.25, 0.3) is 0 Å². The van der Waals surface area contributed by atoms with E-state index >= 15 is 0 Å². The molecule has 0 fully saturated rings. The SMILES string of the molecule is CCCCC/C=C\C\C=C/C=C\C=C/C(SCC(N)C(=O)NCC(=O)O)[C@@H](O)CCCC(=O)OC. The van der Waals surface area contributed by atoms with Gasteiger partial charge in [-0.3, -0.25) is 14.4 Å². The maximum absolute atomic E-state index is 11.9. The standard InChI is InChI=1S/C26H42N2O6S/c1-3-4-5-6-7-8-9-10-11-12-13-14-17-23(22(29)16-15-18-25(32)34-2)35-20-21(27)26(33)28-19-24(30)31/h7-8,10-14,17,21-23,29H,3-6,9,15-16,18-20,27H2,1-2H3,(H,28,33)(H,30,31)/b8-7-,11-10-,13-12-,17-14-/t21?,22-,23?/m0/s1. The highest BCUT2D eigenvalue weighted by molar-refractivity contribution is 8.00. The first kappa shape index (κ1) is 32.6. The Kier molecular flexibility index (Phi) is 20.6. The molecule has 0 bridgehead atoms. The molecule has 2 unspecified atom stereocenters. The molecule has 0 aromatic heterocycles. The first-order valence-corrected chi connectivity index (χ1v) is 13.1. The Hall–Kier alpha value is -2.36. The number of hydrogen-bond donors (Lipinski definition) is 4. The third kappa shape index (κ3) is 19.6. The molecule has 0 radical (unpaired) electrons. The van der Waals surface area contributed by atoms with Crippen LogP contribution in [0.3, 0.4) is 0 Å². The second-order valence-corrected chi connectivity index (χ2v) is 9.16. The van der Waals surface area contributed by atoms with Crippen LogP contribution in [0.5, 0.6) is 0 Å². The van der Waals surface area contributed by atoms with Gasteiger partial charge in [0.25, 0.3) is 0 Å². The molecule has 9 heteroatoms. The summed E-state index contributed by atoms with van der Waals surface area (Å²) in [5.74, 6) is -1.85. The van der Waals surface area contributed by atoms with Crippen molar-refractivity contribution in [3.63, 3.8) is 0 Å². The van der Waals surface area contributed by atoms with Crippen LogP contribution in [0.2, 0.25) is 0 Å². The van der Waals surface area contributed by atoms with Gasteiger partial charge in [-0.2, -0.15) is 0 Å². The Bertz CT molecular complexity index is 721. The molecular formula is C26H42N2O6S. The smallest absolute Gasteiger partial charge is 0.322 e. The quantitative estimate of drug-likeness (QED) is 0.0844. The average Bonchev–Trinajstić information content (AvgIpc) is 2.84. The number of aliphatic hydroxyl groups is 1. The van der Waals surface area contributed by atoms with Crippen molar-refractivity contribution in [2.24, 2.45) is 5.73 Å². The van der Waals surface area contributed by atoms with Gasteiger partial charge in [-0.25, -0.2) is 0 Å². The fourth-order valence-corrected chi connectivity index (χ4v) is 4.01. The van der Waals surface area contributed by atoms with Crippen molar-refractivity contribution in [3.05, 3.63) is 48.6 Å². The summed E-state index contributed by atoms with van der Waals surface area (Å²) in [7, 11) is 1.32. The minimum atomic E-state index is -1.15. The maximum Gasteiger partial charge on any atom is 0.322 e. The molecule has 0 aromatic rings. The summed E-state index contributed by atoms with van der Waals surface area (Å²) >= 11 is 1.30. The van der Waals surface area contributed by atoms with Gasteiger partial charge in [0.2, 0.25) is 5.91 Å². The van der Waals surface area contributed by atoms with Gasteiger partial charge >= 0.3 is 11.9 Å². The molecule has 0 aliphatic carbocycles. The van der Waals surface area contributed by atoms with Gasteiger partial charge in [-0.1, -0.05) is 68.4 Å². The number of allylic oxidation sites excluding steroid dienone is 7. The largest absolute Gasteiger partial charge is 0.480 e. The third-order valence-corrected chi connectivity index (χ3v) is 6.30. The van der Waals surface area contributed by atoms with Crippen molar-refractivity contribution >= 4 is 29.6 Å². The molecule has 8 nitrogen and oxygen atoms in total. The zero-order valence-corrected chi connectivity index (χ0v) is 21.8. The van der Waals surface area contributed by atoms with Crippen molar-refractivity contribution in [1.82, 2.24) is 5.32 Å². The highest BCUT2D eigenvalue weighted by Gasteiger charge is 2.21. The van der Waals surface area contributed by atoms with Gasteiger partial charge in [0.1, 0.15) is 6.54 Å². The predicted molar refractivity (Wildman–Crippen MR) is 142 cm³/mol. The van der Waals surface area contributed by atoms with Gasteiger partial charge in [-0.05, 0) is 32.1 Å². The molecule has 0 aliphatic rings. The van der Waals surface area contributed by atoms with Crippen LogP contribution in [0, 0.1) is 0 Å². The molecule has 0 rings (SSSR count). The monoisotopic (exact) mass is 510 g/mol. The number of thioether (sulfide) groups is 1. The molecule has 198 valence electrons. The summed E-state index contributed by atoms with van der Waals surface area (Å²) in [4.78, 5) is 33.8. The number of aliphatic hydroxyl groups excluding tert-OH is 1. The molecule has 1 amide bonds. The van der Waals surface area contributed by atoms with E-state index in [-0.39, 0.29) is 23.4 Å². The Morgan fingerprint density at radius 2 is 1.80 bits per heavy atom. The first-order valence-electron chi connectivity index (χ1n) is 12.1. The molecule has 0 saturated heterocycles. The van der Waals surface area contributed by atoms with E-state index < -0.39 is 30.6 Å². The number of carbonyl (C=O) groups is 3. The van der Waals surface area contributed by atoms with Crippen LogP contribution >= 0.6 is 11.8 Å². The summed E-state index contributed by atoms with van der Waals surface area (Å²) in [6, 6.07) is -0.911. The van der Waals surface area contributed by atoms with E-state index in [0.29, 0.717) is 12.8 Å². The number of amides is 1. The second kappa shape index (κ2) is 22.1. The Balaban J connectivity index is 4.75. The van der Waals surface area contributed by atoms with Gasteiger partial charge in [0.05, 0.1) is 19.3 Å². The molecule has 3 atom stereocenters. The minimum Gasteiger partial charge on any atom is -0.480 e. The van der Waals surface area contributed by atoms with Crippen LogP contribution < -0.4 is 11.1 Å². The number of carboxylic acid groups (broad SMARTS) is 1. The van der Waals surface area contributed by atoms with Crippen LogP contribution in [0.1, 0.15) is 58.3 Å². The number of aliphatic carboxylic acids is 1. The Morgan fingerprint density at radius 3 is 2.49 bits per heavy atom. The maximum atomic E-state index is 11.9. The van der Waals surface area contributed by atoms with Crippen LogP contribution in [0.4, 0.5) is 0 Å². The number of nitrogens with one attached hydrogen (secondary N) is 1. The summed E-state index contributed by atoms with van der Waals surface area (Å²) in [5.41, 5.74) is 5.86. The lowest BCUT2D eigenvalue weighted by atomic mass is 10.1. The lowest BCUT2D eigenvalue weighted by Crippen LogP contribution is -2.44. The van der Waals surface area contributed by atoms with Gasteiger partial charge in [0, 0.05) is 17.4 Å². The van der Waals surface area contributed by atoms with Gasteiger partial charge < -0.3 is 26.0 Å². The molecule has 0 saturated carbocycles. The molecule has 5 N–H and O–H groups in total. The summed E-state index contributed by atoms with van der Waals surface area (Å²) in [6.45, 7) is 1.70. The van der Waals surface area contributed by atoms with Crippen molar-refractivity contribution < 1.29 is 29.3 Å². The summed E-state index contributed by atoms with van der Waals surface area (Å²) in [5, 5.41) is 21.2. The lowest BCUT2D eigenvalue weighted by Gasteiger charge is -2.21. The van der Waals surface area contributed by atoms with Crippen molar-refractivity contribution in [1.29, 1.82) is 0 Å². The van der Waals surface area contributed by atoms with E-state index in [0.717, 1.165) is 12.8 Å². The van der Waals surface area contributed by atoms with Crippen LogP contribution in [-0.2, 0) is 19.1 Å². The number of unbranched alkanes of at least 4 members (excludes halogenated alkanes) is 3. The molecule has 0 spiro atoms. The molecule has 0 heterocycles. The predicted octanol–water partition coefficient (Wildman–Crippen LogP) is 3.52. The van der Waals surface area contributed by atoms with E-state index in [2.05, 4.69) is 35.2 Å². The van der Waals surface area contributed by atoms with Crippen molar-refractivity contribution in [2.45, 2.75) is 75.7 Å². The molecule has 0 aliphatic heterocycles. The fraction of sp³-hybridized carbons (Fsp3) is 0.577. The minimum absolute atomic E-state index is 0.197. The Labute approximate surface area is 213 Å². The Morgan fingerprint density at radius 1 is 1.06 bits per heavy atom. The molecule has 0 aromatic carbocycles. The first-order chi connectivity index (χ1) is 16.8. The van der Waals surface area contributed by atoms with Crippen molar-refractivity contribution in [2.75, 3.05) is 19.4 Å². The van der Waals surface area contributed by atoms with E-state index in [4.69, 9.17) is 10.8 Å². The lowest BCUT2D eigenvalue weighted by molar-refractivity contribution is -0.141. The van der Waals surface area contributed by atoms with Gasteiger partial charge in [0.15, 0.2) is 0 Å².